The van der Waals surface area contributed by atoms with E-state index in [2.05, 4.69) is 15.2 Å². The van der Waals surface area contributed by atoms with Gasteiger partial charge in [-0.05, 0) is 36.2 Å². The summed E-state index contributed by atoms with van der Waals surface area (Å²) in [7, 11) is -3.79. The van der Waals surface area contributed by atoms with Crippen molar-refractivity contribution in [2.75, 3.05) is 5.75 Å². The molecule has 1 heterocycles. The molecule has 136 valence electrons. The Labute approximate surface area is 160 Å². The lowest BCUT2D eigenvalue weighted by atomic mass is 10.2. The Kier molecular flexibility index (Phi) is 5.92. The van der Waals surface area contributed by atoms with Crippen molar-refractivity contribution in [3.63, 3.8) is 0 Å². The van der Waals surface area contributed by atoms with Crippen molar-refractivity contribution in [3.8, 4) is 0 Å². The average molecular weight is 408 g/mol. The van der Waals surface area contributed by atoms with E-state index >= 15 is 0 Å². The van der Waals surface area contributed by atoms with Gasteiger partial charge in [-0.1, -0.05) is 43.0 Å². The predicted molar refractivity (Wildman–Crippen MR) is 105 cm³/mol. The number of carbonyl (C=O) groups is 1. The standard InChI is InChI=1S/C17H17N3O3S3/c1-2-12-7-9-13(10-8-12)26(22,23)20-19-16(21)11-24-17-18-14-5-3-4-6-15(14)25-17/h3-10,20H,2,11H2,1H3,(H,19,21). The van der Waals surface area contributed by atoms with Crippen LogP contribution in [0.4, 0.5) is 0 Å². The molecule has 0 saturated carbocycles. The molecule has 6 nitrogen and oxygen atoms in total. The maximum atomic E-state index is 12.2. The van der Waals surface area contributed by atoms with E-state index in [1.54, 1.807) is 12.1 Å². The van der Waals surface area contributed by atoms with Gasteiger partial charge in [0.15, 0.2) is 4.34 Å². The third kappa shape index (κ3) is 4.61. The lowest BCUT2D eigenvalue weighted by Crippen LogP contribution is -2.42. The highest BCUT2D eigenvalue weighted by Gasteiger charge is 2.15. The van der Waals surface area contributed by atoms with Crippen molar-refractivity contribution < 1.29 is 13.2 Å². The molecule has 0 fully saturated rings. The van der Waals surface area contributed by atoms with Crippen LogP contribution in [0.25, 0.3) is 10.2 Å². The summed E-state index contributed by atoms with van der Waals surface area (Å²) in [5, 5.41) is 0. The zero-order chi connectivity index (χ0) is 18.6. The van der Waals surface area contributed by atoms with Crippen LogP contribution >= 0.6 is 23.1 Å². The first-order valence-electron chi connectivity index (χ1n) is 7.86. The molecule has 1 amide bonds. The number of aromatic nitrogens is 1. The van der Waals surface area contributed by atoms with Gasteiger partial charge in [-0.25, -0.2) is 13.4 Å². The van der Waals surface area contributed by atoms with E-state index in [0.717, 1.165) is 26.5 Å². The summed E-state index contributed by atoms with van der Waals surface area (Å²) in [6.45, 7) is 1.99. The molecule has 0 unspecified atom stereocenters. The van der Waals surface area contributed by atoms with E-state index in [-0.39, 0.29) is 10.6 Å². The van der Waals surface area contributed by atoms with Crippen LogP contribution in [-0.2, 0) is 21.2 Å². The van der Waals surface area contributed by atoms with Gasteiger partial charge in [0.25, 0.3) is 10.0 Å². The normalized spacial score (nSPS) is 11.6. The molecule has 0 bridgehead atoms. The number of aryl methyl sites for hydroxylation is 1. The quantitative estimate of drug-likeness (QED) is 0.464. The summed E-state index contributed by atoms with van der Waals surface area (Å²) in [4.78, 5) is 18.6. The predicted octanol–water partition coefficient (Wildman–Crippen LogP) is 2.96. The molecule has 9 heteroatoms. The number of hydrogen-bond acceptors (Lipinski definition) is 6. The number of benzene rings is 2. The monoisotopic (exact) mass is 407 g/mol. The van der Waals surface area contributed by atoms with E-state index in [0.29, 0.717) is 0 Å². The number of hydrogen-bond donors (Lipinski definition) is 2. The van der Waals surface area contributed by atoms with Crippen LogP contribution in [-0.4, -0.2) is 25.1 Å². The lowest BCUT2D eigenvalue weighted by molar-refractivity contribution is -0.119. The van der Waals surface area contributed by atoms with Crippen LogP contribution < -0.4 is 10.3 Å². The maximum Gasteiger partial charge on any atom is 0.257 e. The first kappa shape index (κ1) is 18.8. The molecule has 0 saturated heterocycles. The minimum absolute atomic E-state index is 0.0666. The van der Waals surface area contributed by atoms with Crippen molar-refractivity contribution in [3.05, 3.63) is 54.1 Å². The van der Waals surface area contributed by atoms with Crippen LogP contribution in [0.3, 0.4) is 0 Å². The highest BCUT2D eigenvalue weighted by atomic mass is 32.2. The summed E-state index contributed by atoms with van der Waals surface area (Å²) in [5.41, 5.74) is 4.16. The Bertz CT molecular complexity index is 981. The topological polar surface area (TPSA) is 88.2 Å². The number of thioether (sulfide) groups is 1. The van der Waals surface area contributed by atoms with E-state index < -0.39 is 15.9 Å². The first-order chi connectivity index (χ1) is 12.5. The van der Waals surface area contributed by atoms with Gasteiger partial charge in [0.1, 0.15) is 0 Å². The first-order valence-corrected chi connectivity index (χ1v) is 11.1. The van der Waals surface area contributed by atoms with Gasteiger partial charge in [-0.3, -0.25) is 10.2 Å². The Morgan fingerprint density at radius 1 is 1.15 bits per heavy atom. The van der Waals surface area contributed by atoms with E-state index in [1.165, 1.54) is 35.2 Å². The van der Waals surface area contributed by atoms with Crippen molar-refractivity contribution in [1.29, 1.82) is 0 Å². The van der Waals surface area contributed by atoms with Crippen LogP contribution in [0, 0.1) is 0 Å². The summed E-state index contributed by atoms with van der Waals surface area (Å²) < 4.78 is 26.2. The van der Waals surface area contributed by atoms with Crippen LogP contribution in [0.15, 0.2) is 57.8 Å². The van der Waals surface area contributed by atoms with Crippen LogP contribution in [0.1, 0.15) is 12.5 Å². The molecule has 3 rings (SSSR count). The molecule has 0 aliphatic rings. The number of carbonyl (C=O) groups excluding carboxylic acids is 1. The number of nitrogens with one attached hydrogen (secondary N) is 2. The second kappa shape index (κ2) is 8.17. The zero-order valence-electron chi connectivity index (χ0n) is 13.9. The van der Waals surface area contributed by atoms with Crippen molar-refractivity contribution in [2.24, 2.45) is 0 Å². The minimum atomic E-state index is -3.79. The molecular weight excluding hydrogens is 390 g/mol. The number of rotatable bonds is 7. The van der Waals surface area contributed by atoms with Crippen LogP contribution in [0.2, 0.25) is 0 Å². The number of thiazole rings is 1. The fourth-order valence-corrected chi connectivity index (χ4v) is 4.89. The maximum absolute atomic E-state index is 12.2. The number of fused-ring (bicyclic) bond motifs is 1. The van der Waals surface area contributed by atoms with Crippen molar-refractivity contribution >= 4 is 49.2 Å². The number of para-hydroxylation sites is 1. The molecular formula is C17H17N3O3S3. The number of amides is 1. The molecule has 2 aromatic carbocycles. The molecule has 0 spiro atoms. The SMILES string of the molecule is CCc1ccc(S(=O)(=O)NNC(=O)CSc2nc3ccccc3s2)cc1. The fraction of sp³-hybridized carbons (Fsp3) is 0.176. The summed E-state index contributed by atoms with van der Waals surface area (Å²) in [6.07, 6.45) is 0.827. The van der Waals surface area contributed by atoms with Gasteiger partial charge >= 0.3 is 0 Å². The summed E-state index contributed by atoms with van der Waals surface area (Å²) in [6, 6.07) is 14.3. The number of hydrazine groups is 1. The average Bonchev–Trinajstić information content (AvgIpc) is 3.08. The minimum Gasteiger partial charge on any atom is -0.277 e. The highest BCUT2D eigenvalue weighted by Crippen LogP contribution is 2.28. The van der Waals surface area contributed by atoms with Gasteiger partial charge in [0, 0.05) is 0 Å². The van der Waals surface area contributed by atoms with E-state index in [4.69, 9.17) is 0 Å². The van der Waals surface area contributed by atoms with Gasteiger partial charge < -0.3 is 0 Å². The Hall–Kier alpha value is -1.94. The molecule has 0 radical (unpaired) electrons. The van der Waals surface area contributed by atoms with Gasteiger partial charge in [0.05, 0.1) is 20.9 Å². The van der Waals surface area contributed by atoms with Crippen molar-refractivity contribution in [1.82, 2.24) is 15.2 Å². The molecule has 2 N–H and O–H groups in total. The summed E-state index contributed by atoms with van der Waals surface area (Å²) in [5.74, 6) is -0.375. The molecule has 0 aliphatic heterocycles. The molecule has 0 aliphatic carbocycles. The third-order valence-electron chi connectivity index (χ3n) is 3.57. The molecule has 1 aromatic heterocycles. The lowest BCUT2D eigenvalue weighted by Gasteiger charge is -2.08. The van der Waals surface area contributed by atoms with E-state index in [9.17, 15) is 13.2 Å². The largest absolute Gasteiger partial charge is 0.277 e. The highest BCUT2D eigenvalue weighted by molar-refractivity contribution is 8.01. The Morgan fingerprint density at radius 2 is 1.88 bits per heavy atom. The van der Waals surface area contributed by atoms with Gasteiger partial charge in [0.2, 0.25) is 5.91 Å². The Morgan fingerprint density at radius 3 is 2.58 bits per heavy atom. The van der Waals surface area contributed by atoms with Crippen molar-refractivity contribution in [2.45, 2.75) is 22.6 Å². The number of sulfonamides is 1. The molecule has 3 aromatic rings. The van der Waals surface area contributed by atoms with Gasteiger partial charge in [-0.15, -0.1) is 16.2 Å². The number of nitrogens with zero attached hydrogens (tertiary/aromatic N) is 1. The third-order valence-corrected chi connectivity index (χ3v) is 7.01. The second-order valence-electron chi connectivity index (χ2n) is 5.39. The molecule has 26 heavy (non-hydrogen) atoms. The fourth-order valence-electron chi connectivity index (χ4n) is 2.16. The zero-order valence-corrected chi connectivity index (χ0v) is 16.4. The smallest absolute Gasteiger partial charge is 0.257 e. The van der Waals surface area contributed by atoms with Crippen LogP contribution in [0.5, 0.6) is 0 Å². The second-order valence-corrected chi connectivity index (χ2v) is 9.32. The van der Waals surface area contributed by atoms with E-state index in [1.807, 2.05) is 31.2 Å². The Balaban J connectivity index is 1.54. The molecule has 0 atom stereocenters. The van der Waals surface area contributed by atoms with Gasteiger partial charge in [-0.2, -0.15) is 0 Å². The summed E-state index contributed by atoms with van der Waals surface area (Å²) >= 11 is 2.76.